The second kappa shape index (κ2) is 11.4. The van der Waals surface area contributed by atoms with Gasteiger partial charge in [-0.3, -0.25) is 9.59 Å². The molecule has 7 nitrogen and oxygen atoms in total. The van der Waals surface area contributed by atoms with Gasteiger partial charge in [0, 0.05) is 31.0 Å². The average molecular weight is 472 g/mol. The maximum Gasteiger partial charge on any atom is 0.254 e. The molecule has 1 aliphatic rings. The summed E-state index contributed by atoms with van der Waals surface area (Å²) in [6, 6.07) is 26.3. The van der Waals surface area contributed by atoms with E-state index in [1.54, 1.807) is 4.90 Å². The van der Waals surface area contributed by atoms with Crippen LogP contribution in [-0.4, -0.2) is 53.8 Å². The van der Waals surface area contributed by atoms with Gasteiger partial charge in [0.05, 0.1) is 18.4 Å². The fraction of sp³-hybridized carbons (Fsp3) is 0.250. The molecule has 0 aliphatic carbocycles. The van der Waals surface area contributed by atoms with Gasteiger partial charge in [-0.05, 0) is 28.8 Å². The predicted molar refractivity (Wildman–Crippen MR) is 135 cm³/mol. The average Bonchev–Trinajstić information content (AvgIpc) is 3.30. The van der Waals surface area contributed by atoms with Crippen LogP contribution in [0, 0.1) is 0 Å². The van der Waals surface area contributed by atoms with Crippen LogP contribution in [0.1, 0.15) is 34.9 Å². The third-order valence-corrected chi connectivity index (χ3v) is 6.08. The number of hydrogen-bond acceptors (Lipinski definition) is 5. The molecule has 7 heteroatoms. The summed E-state index contributed by atoms with van der Waals surface area (Å²) in [6.07, 6.45) is -0.232. The molecule has 3 aromatic carbocycles. The first-order chi connectivity index (χ1) is 17.0. The largest absolute Gasteiger partial charge is 0.399 e. The standard InChI is InChI=1S/C28H29N3O4/c1-35-30-24-16-25(17-27(33)29-18-26(32)22-10-6-3-7-11-22)31(19-24)28(34)23-14-12-21(13-15-23)20-8-4-2-5-9-20/h2-15,25-26,32H,16-19H2,1H3,(H,29,33)/t25-,26?/m0/s1. The lowest BCUT2D eigenvalue weighted by Crippen LogP contribution is -2.40. The molecule has 1 unspecified atom stereocenters. The van der Waals surface area contributed by atoms with Crippen LogP contribution in [0.15, 0.2) is 90.1 Å². The Balaban J connectivity index is 1.42. The molecular weight excluding hydrogens is 442 g/mol. The lowest BCUT2D eigenvalue weighted by Gasteiger charge is -2.24. The second-order valence-corrected chi connectivity index (χ2v) is 8.51. The van der Waals surface area contributed by atoms with Gasteiger partial charge in [0.2, 0.25) is 5.91 Å². The van der Waals surface area contributed by atoms with Gasteiger partial charge in [-0.25, -0.2) is 0 Å². The number of likely N-dealkylation sites (tertiary alicyclic amines) is 1. The Morgan fingerprint density at radius 3 is 2.29 bits per heavy atom. The van der Waals surface area contributed by atoms with Crippen molar-refractivity contribution in [1.29, 1.82) is 0 Å². The van der Waals surface area contributed by atoms with Crippen LogP contribution < -0.4 is 5.32 Å². The quantitative estimate of drug-likeness (QED) is 0.489. The van der Waals surface area contributed by atoms with Crippen molar-refractivity contribution in [2.24, 2.45) is 5.16 Å². The van der Waals surface area contributed by atoms with Crippen LogP contribution >= 0.6 is 0 Å². The molecule has 180 valence electrons. The Hall–Kier alpha value is -3.97. The molecule has 0 radical (unpaired) electrons. The highest BCUT2D eigenvalue weighted by Gasteiger charge is 2.35. The molecule has 1 fully saturated rings. The maximum atomic E-state index is 13.3. The normalized spacial score (nSPS) is 17.3. The van der Waals surface area contributed by atoms with E-state index >= 15 is 0 Å². The lowest BCUT2D eigenvalue weighted by molar-refractivity contribution is -0.122. The second-order valence-electron chi connectivity index (χ2n) is 8.51. The molecule has 2 amide bonds. The minimum absolute atomic E-state index is 0.101. The van der Waals surface area contributed by atoms with Crippen molar-refractivity contribution < 1.29 is 19.5 Å². The molecule has 0 bridgehead atoms. The van der Waals surface area contributed by atoms with E-state index in [9.17, 15) is 14.7 Å². The van der Waals surface area contributed by atoms with Crippen molar-refractivity contribution in [3.63, 3.8) is 0 Å². The van der Waals surface area contributed by atoms with Crippen molar-refractivity contribution in [3.8, 4) is 11.1 Å². The number of rotatable bonds is 8. The summed E-state index contributed by atoms with van der Waals surface area (Å²) in [5.41, 5.74) is 4.10. The number of amides is 2. The number of aliphatic hydroxyl groups is 1. The molecule has 0 aromatic heterocycles. The summed E-state index contributed by atoms with van der Waals surface area (Å²) in [4.78, 5) is 32.6. The van der Waals surface area contributed by atoms with Gasteiger partial charge in [0.15, 0.2) is 0 Å². The molecule has 0 spiro atoms. The van der Waals surface area contributed by atoms with Crippen molar-refractivity contribution in [1.82, 2.24) is 10.2 Å². The minimum Gasteiger partial charge on any atom is -0.399 e. The van der Waals surface area contributed by atoms with Gasteiger partial charge in [-0.1, -0.05) is 78.0 Å². The Morgan fingerprint density at radius 2 is 1.63 bits per heavy atom. The van der Waals surface area contributed by atoms with Crippen LogP contribution in [0.5, 0.6) is 0 Å². The van der Waals surface area contributed by atoms with Gasteiger partial charge in [-0.15, -0.1) is 0 Å². The first-order valence-electron chi connectivity index (χ1n) is 11.6. The molecule has 2 N–H and O–H groups in total. The van der Waals surface area contributed by atoms with E-state index in [1.807, 2.05) is 84.9 Å². The topological polar surface area (TPSA) is 91.2 Å². The third-order valence-electron chi connectivity index (χ3n) is 6.08. The summed E-state index contributed by atoms with van der Waals surface area (Å²) < 4.78 is 0. The highest BCUT2D eigenvalue weighted by atomic mass is 16.6. The van der Waals surface area contributed by atoms with Crippen molar-refractivity contribution in [3.05, 3.63) is 96.1 Å². The minimum atomic E-state index is -0.796. The molecule has 1 aliphatic heterocycles. The van der Waals surface area contributed by atoms with Gasteiger partial charge in [0.25, 0.3) is 5.91 Å². The van der Waals surface area contributed by atoms with Crippen LogP contribution in [-0.2, 0) is 9.63 Å². The highest BCUT2D eigenvalue weighted by molar-refractivity contribution is 6.01. The number of carbonyl (C=O) groups excluding carboxylic acids is 2. The van der Waals surface area contributed by atoms with E-state index in [-0.39, 0.29) is 30.8 Å². The zero-order valence-electron chi connectivity index (χ0n) is 19.6. The van der Waals surface area contributed by atoms with E-state index in [4.69, 9.17) is 4.84 Å². The Morgan fingerprint density at radius 1 is 1.00 bits per heavy atom. The Labute approximate surface area is 205 Å². The van der Waals surface area contributed by atoms with Gasteiger partial charge in [-0.2, -0.15) is 0 Å². The molecule has 3 aromatic rings. The van der Waals surface area contributed by atoms with E-state index in [0.717, 1.165) is 16.7 Å². The van der Waals surface area contributed by atoms with Gasteiger partial charge >= 0.3 is 0 Å². The Bertz CT molecular complexity index is 1160. The summed E-state index contributed by atoms with van der Waals surface area (Å²) in [7, 11) is 1.46. The summed E-state index contributed by atoms with van der Waals surface area (Å²) >= 11 is 0. The Kier molecular flexibility index (Phi) is 7.90. The first kappa shape index (κ1) is 24.2. The number of nitrogens with one attached hydrogen (secondary N) is 1. The lowest BCUT2D eigenvalue weighted by atomic mass is 10.0. The van der Waals surface area contributed by atoms with E-state index < -0.39 is 6.10 Å². The van der Waals surface area contributed by atoms with E-state index in [1.165, 1.54) is 7.11 Å². The van der Waals surface area contributed by atoms with Crippen molar-refractivity contribution in [2.75, 3.05) is 20.2 Å². The van der Waals surface area contributed by atoms with Crippen LogP contribution in [0.4, 0.5) is 0 Å². The van der Waals surface area contributed by atoms with Crippen molar-refractivity contribution in [2.45, 2.75) is 25.0 Å². The summed E-state index contributed by atoms with van der Waals surface area (Å²) in [5, 5.41) is 17.1. The van der Waals surface area contributed by atoms with Crippen LogP contribution in [0.25, 0.3) is 11.1 Å². The number of oxime groups is 1. The molecule has 2 atom stereocenters. The van der Waals surface area contributed by atoms with E-state index in [2.05, 4.69) is 10.5 Å². The van der Waals surface area contributed by atoms with Crippen molar-refractivity contribution >= 4 is 17.5 Å². The monoisotopic (exact) mass is 471 g/mol. The fourth-order valence-corrected chi connectivity index (χ4v) is 4.28. The molecular formula is C28H29N3O4. The zero-order chi connectivity index (χ0) is 24.6. The molecule has 1 heterocycles. The number of carbonyl (C=O) groups is 2. The molecule has 4 rings (SSSR count). The summed E-state index contributed by atoms with van der Waals surface area (Å²) in [6.45, 7) is 0.404. The number of benzene rings is 3. The number of hydrogen-bond donors (Lipinski definition) is 2. The molecule has 0 saturated carbocycles. The molecule has 35 heavy (non-hydrogen) atoms. The van der Waals surface area contributed by atoms with Crippen LogP contribution in [0.3, 0.4) is 0 Å². The number of aliphatic hydroxyl groups excluding tert-OH is 1. The van der Waals surface area contributed by atoms with Gasteiger partial charge in [0.1, 0.15) is 7.11 Å². The zero-order valence-corrected chi connectivity index (χ0v) is 19.6. The van der Waals surface area contributed by atoms with Gasteiger partial charge < -0.3 is 20.2 Å². The fourth-order valence-electron chi connectivity index (χ4n) is 4.28. The van der Waals surface area contributed by atoms with Crippen LogP contribution in [0.2, 0.25) is 0 Å². The smallest absolute Gasteiger partial charge is 0.254 e. The first-order valence-corrected chi connectivity index (χ1v) is 11.6. The molecule has 1 saturated heterocycles. The number of nitrogens with zero attached hydrogens (tertiary/aromatic N) is 2. The summed E-state index contributed by atoms with van der Waals surface area (Å²) in [5.74, 6) is -0.395. The SMILES string of the molecule is CON=C1C[C@@H](CC(=O)NCC(O)c2ccccc2)N(C(=O)c2ccc(-c3ccccc3)cc2)C1. The highest BCUT2D eigenvalue weighted by Crippen LogP contribution is 2.24. The maximum absolute atomic E-state index is 13.3. The predicted octanol–water partition coefficient (Wildman–Crippen LogP) is 3.81. The van der Waals surface area contributed by atoms with E-state index in [0.29, 0.717) is 24.2 Å². The third kappa shape index (κ3) is 6.13.